The monoisotopic (exact) mass is 516 g/mol. The van der Waals surface area contributed by atoms with Crippen LogP contribution in [0.2, 0.25) is 5.02 Å². The zero-order chi connectivity index (χ0) is 26.1. The van der Waals surface area contributed by atoms with Gasteiger partial charge in [0.25, 0.3) is 0 Å². The molecule has 1 saturated heterocycles. The summed E-state index contributed by atoms with van der Waals surface area (Å²) in [6, 6.07) is 9.53. The lowest BCUT2D eigenvalue weighted by Gasteiger charge is -2.25. The van der Waals surface area contributed by atoms with Gasteiger partial charge >= 0.3 is 0 Å². The van der Waals surface area contributed by atoms with Crippen molar-refractivity contribution in [3.63, 3.8) is 0 Å². The number of nitrogens with one attached hydrogen (secondary N) is 1. The second kappa shape index (κ2) is 10.4. The number of likely N-dealkylation sites (tertiary alicyclic amines) is 1. The second-order valence-electron chi connectivity index (χ2n) is 9.14. The van der Waals surface area contributed by atoms with Gasteiger partial charge in [-0.05, 0) is 33.2 Å². The number of fused-ring (bicyclic) bond motifs is 1. The van der Waals surface area contributed by atoms with Gasteiger partial charge in [0.15, 0.2) is 5.78 Å². The second-order valence-corrected chi connectivity index (χ2v) is 9.55. The highest BCUT2D eigenvalue weighted by molar-refractivity contribution is 6.30. The Morgan fingerprint density at radius 3 is 2.56 bits per heavy atom. The van der Waals surface area contributed by atoms with Crippen LogP contribution in [0, 0.1) is 5.82 Å². The third-order valence-electron chi connectivity index (χ3n) is 6.60. The fraction of sp³-hybridized carbons (Fsp3) is 0.346. The highest BCUT2D eigenvalue weighted by Gasteiger charge is 2.49. The number of hydrogen-bond acceptors (Lipinski definition) is 4. The van der Waals surface area contributed by atoms with Crippen LogP contribution in [0.25, 0.3) is 10.9 Å². The number of Topliss-reactive ketones (excluding diaryl/α,β-unsaturated/α-hetero) is 1. The van der Waals surface area contributed by atoms with Crippen molar-refractivity contribution in [1.29, 1.82) is 0 Å². The number of halogens is 3. The van der Waals surface area contributed by atoms with Crippen LogP contribution in [-0.2, 0) is 22.7 Å². The van der Waals surface area contributed by atoms with Gasteiger partial charge in [-0.2, -0.15) is 0 Å². The standard InChI is InChI=1S/C26H27ClF2N4O3/c1-15(34)18-12-32(20-10-5-4-8-17(18)20)14-22(35)33-13-21(31(2)3)24(29)25(33)26(36)30-11-16-7-6-9-19(27)23(16)28/h4-10,12,21,24-25H,11,13-14H2,1-3H3,(H,30,36)/t21-,24+,25+/m1/s1. The number of likely N-dealkylation sites (N-methyl/N-ethyl adjacent to an activating group) is 1. The average molecular weight is 517 g/mol. The van der Waals surface area contributed by atoms with E-state index in [1.54, 1.807) is 60.1 Å². The van der Waals surface area contributed by atoms with Crippen molar-refractivity contribution < 1.29 is 23.2 Å². The van der Waals surface area contributed by atoms with E-state index in [2.05, 4.69) is 5.32 Å². The molecule has 2 heterocycles. The molecule has 2 aromatic carbocycles. The van der Waals surface area contributed by atoms with E-state index in [-0.39, 0.29) is 36.0 Å². The molecule has 7 nitrogen and oxygen atoms in total. The van der Waals surface area contributed by atoms with Gasteiger partial charge in [0.05, 0.1) is 11.1 Å². The SMILES string of the molecule is CC(=O)c1cn(CC(=O)N2C[C@@H](N(C)C)[C@H](F)[C@H]2C(=O)NCc2cccc(Cl)c2F)c2ccccc12. The topological polar surface area (TPSA) is 74.7 Å². The molecule has 0 saturated carbocycles. The molecule has 0 spiro atoms. The quantitative estimate of drug-likeness (QED) is 0.488. The molecule has 36 heavy (non-hydrogen) atoms. The van der Waals surface area contributed by atoms with Crippen LogP contribution in [0.15, 0.2) is 48.7 Å². The summed E-state index contributed by atoms with van der Waals surface area (Å²) >= 11 is 5.81. The van der Waals surface area contributed by atoms with Crippen LogP contribution in [-0.4, -0.2) is 70.9 Å². The Kier molecular flexibility index (Phi) is 7.42. The van der Waals surface area contributed by atoms with E-state index >= 15 is 4.39 Å². The van der Waals surface area contributed by atoms with Crippen molar-refractivity contribution in [1.82, 2.24) is 19.7 Å². The summed E-state index contributed by atoms with van der Waals surface area (Å²) in [6.45, 7) is 1.09. The minimum atomic E-state index is -1.65. The number of para-hydroxylation sites is 1. The Morgan fingerprint density at radius 1 is 1.14 bits per heavy atom. The predicted molar refractivity (Wildman–Crippen MR) is 133 cm³/mol. The summed E-state index contributed by atoms with van der Waals surface area (Å²) in [4.78, 5) is 41.5. The maximum Gasteiger partial charge on any atom is 0.246 e. The summed E-state index contributed by atoms with van der Waals surface area (Å²) in [7, 11) is 3.36. The van der Waals surface area contributed by atoms with Gasteiger partial charge in [0.1, 0.15) is 24.6 Å². The van der Waals surface area contributed by atoms with Crippen LogP contribution in [0.1, 0.15) is 22.8 Å². The normalized spacial score (nSPS) is 19.8. The van der Waals surface area contributed by atoms with Crippen molar-refractivity contribution in [3.8, 4) is 0 Å². The predicted octanol–water partition coefficient (Wildman–Crippen LogP) is 3.43. The molecule has 4 rings (SSSR count). The molecular formula is C26H27ClF2N4O3. The summed E-state index contributed by atoms with van der Waals surface area (Å²) in [5.74, 6) is -1.99. The zero-order valence-corrected chi connectivity index (χ0v) is 20.9. The summed E-state index contributed by atoms with van der Waals surface area (Å²) in [5.41, 5.74) is 1.32. The number of benzene rings is 2. The number of alkyl halides is 1. The van der Waals surface area contributed by atoms with E-state index in [0.29, 0.717) is 16.5 Å². The maximum atomic E-state index is 15.5. The molecule has 1 aromatic heterocycles. The van der Waals surface area contributed by atoms with Gasteiger partial charge in [-0.25, -0.2) is 8.78 Å². The largest absolute Gasteiger partial charge is 0.350 e. The number of rotatable bonds is 7. The van der Waals surface area contributed by atoms with E-state index < -0.39 is 35.9 Å². The Labute approximate surface area is 212 Å². The van der Waals surface area contributed by atoms with Crippen molar-refractivity contribution >= 4 is 40.1 Å². The fourth-order valence-electron chi connectivity index (χ4n) is 4.66. The molecule has 3 aromatic rings. The van der Waals surface area contributed by atoms with E-state index in [4.69, 9.17) is 11.6 Å². The number of hydrogen-bond donors (Lipinski definition) is 1. The van der Waals surface area contributed by atoms with E-state index in [9.17, 15) is 18.8 Å². The van der Waals surface area contributed by atoms with Crippen molar-refractivity contribution in [2.45, 2.75) is 38.3 Å². The number of carbonyl (C=O) groups excluding carboxylic acids is 3. The highest BCUT2D eigenvalue weighted by atomic mass is 35.5. The molecule has 2 amide bonds. The van der Waals surface area contributed by atoms with Crippen molar-refractivity contribution in [3.05, 3.63) is 70.6 Å². The van der Waals surface area contributed by atoms with Crippen LogP contribution in [0.5, 0.6) is 0 Å². The molecule has 3 atom stereocenters. The van der Waals surface area contributed by atoms with Crippen molar-refractivity contribution in [2.24, 2.45) is 0 Å². The first kappa shape index (κ1) is 25.8. The molecule has 0 unspecified atom stereocenters. The number of nitrogens with zero attached hydrogens (tertiary/aromatic N) is 3. The third-order valence-corrected chi connectivity index (χ3v) is 6.89. The summed E-state index contributed by atoms with van der Waals surface area (Å²) < 4.78 is 31.4. The maximum absolute atomic E-state index is 15.5. The molecule has 0 radical (unpaired) electrons. The lowest BCUT2D eigenvalue weighted by Crippen LogP contribution is -2.50. The van der Waals surface area contributed by atoms with Gasteiger partial charge in [-0.1, -0.05) is 41.9 Å². The van der Waals surface area contributed by atoms with Gasteiger partial charge < -0.3 is 19.7 Å². The van der Waals surface area contributed by atoms with Crippen LogP contribution in [0.4, 0.5) is 8.78 Å². The van der Waals surface area contributed by atoms with Gasteiger partial charge in [0.2, 0.25) is 11.8 Å². The smallest absolute Gasteiger partial charge is 0.246 e. The Morgan fingerprint density at radius 2 is 1.86 bits per heavy atom. The number of ketones is 1. The first-order chi connectivity index (χ1) is 17.1. The minimum Gasteiger partial charge on any atom is -0.350 e. The van der Waals surface area contributed by atoms with Crippen LogP contribution < -0.4 is 5.32 Å². The van der Waals surface area contributed by atoms with Gasteiger partial charge in [-0.3, -0.25) is 14.4 Å². The molecule has 0 bridgehead atoms. The van der Waals surface area contributed by atoms with Gasteiger partial charge in [-0.15, -0.1) is 0 Å². The first-order valence-electron chi connectivity index (χ1n) is 11.5. The highest BCUT2D eigenvalue weighted by Crippen LogP contribution is 2.27. The first-order valence-corrected chi connectivity index (χ1v) is 11.9. The molecule has 0 aliphatic carbocycles. The fourth-order valence-corrected chi connectivity index (χ4v) is 4.85. The molecule has 10 heteroatoms. The van der Waals surface area contributed by atoms with E-state index in [0.717, 1.165) is 0 Å². The van der Waals surface area contributed by atoms with Crippen LogP contribution >= 0.6 is 11.6 Å². The Hall–Kier alpha value is -3.30. The lowest BCUT2D eigenvalue weighted by molar-refractivity contribution is -0.140. The van der Waals surface area contributed by atoms with Gasteiger partial charge in [0, 0.05) is 41.3 Å². The van der Waals surface area contributed by atoms with Crippen LogP contribution in [0.3, 0.4) is 0 Å². The number of carbonyl (C=O) groups is 3. The summed E-state index contributed by atoms with van der Waals surface area (Å²) in [5, 5.41) is 3.19. The molecular weight excluding hydrogens is 490 g/mol. The third kappa shape index (κ3) is 4.85. The number of aromatic nitrogens is 1. The van der Waals surface area contributed by atoms with Crippen molar-refractivity contribution in [2.75, 3.05) is 20.6 Å². The molecule has 1 aliphatic heterocycles. The number of amides is 2. The Bertz CT molecular complexity index is 1330. The van der Waals surface area contributed by atoms with E-state index in [1.807, 2.05) is 0 Å². The zero-order valence-electron chi connectivity index (χ0n) is 20.2. The summed E-state index contributed by atoms with van der Waals surface area (Å²) in [6.07, 6.45) is -0.0451. The molecule has 190 valence electrons. The molecule has 1 fully saturated rings. The lowest BCUT2D eigenvalue weighted by atomic mass is 10.1. The molecule has 1 N–H and O–H groups in total. The Balaban J connectivity index is 1.58. The minimum absolute atomic E-state index is 0.00931. The molecule has 1 aliphatic rings. The van der Waals surface area contributed by atoms with E-state index in [1.165, 1.54) is 24.0 Å². The average Bonchev–Trinajstić information content (AvgIpc) is 3.38.